The van der Waals surface area contributed by atoms with Gasteiger partial charge in [0.25, 0.3) is 0 Å². The van der Waals surface area contributed by atoms with Gasteiger partial charge in [0.1, 0.15) is 0 Å². The SMILES string of the molecule is NC1(CC(F)(F)F)CC(O)C1. The van der Waals surface area contributed by atoms with E-state index in [9.17, 15) is 13.2 Å². The van der Waals surface area contributed by atoms with Gasteiger partial charge in [0.15, 0.2) is 0 Å². The fourth-order valence-electron chi connectivity index (χ4n) is 1.42. The second-order valence-electron chi connectivity index (χ2n) is 3.22. The van der Waals surface area contributed by atoms with Gasteiger partial charge in [-0.3, -0.25) is 0 Å². The quantitative estimate of drug-likeness (QED) is 0.609. The molecule has 0 spiro atoms. The van der Waals surface area contributed by atoms with Crippen molar-refractivity contribution in [3.05, 3.63) is 0 Å². The van der Waals surface area contributed by atoms with Crippen LogP contribution >= 0.6 is 0 Å². The van der Waals surface area contributed by atoms with Crippen molar-refractivity contribution in [3.63, 3.8) is 0 Å². The largest absolute Gasteiger partial charge is 0.393 e. The van der Waals surface area contributed by atoms with Gasteiger partial charge in [-0.05, 0) is 12.8 Å². The summed E-state index contributed by atoms with van der Waals surface area (Å²) in [5.74, 6) is 0. The number of alkyl halides is 3. The molecule has 0 aromatic rings. The summed E-state index contributed by atoms with van der Waals surface area (Å²) in [7, 11) is 0. The molecule has 0 radical (unpaired) electrons. The molecule has 5 heteroatoms. The van der Waals surface area contributed by atoms with E-state index in [1.165, 1.54) is 0 Å². The van der Waals surface area contributed by atoms with Crippen molar-refractivity contribution in [2.24, 2.45) is 5.73 Å². The highest BCUT2D eigenvalue weighted by Gasteiger charge is 2.47. The molecule has 1 aliphatic rings. The Morgan fingerprint density at radius 1 is 1.45 bits per heavy atom. The maximum absolute atomic E-state index is 11.7. The van der Waals surface area contributed by atoms with Gasteiger partial charge in [-0.1, -0.05) is 0 Å². The molecule has 0 aliphatic heterocycles. The summed E-state index contributed by atoms with van der Waals surface area (Å²) in [6, 6.07) is 0. The first-order valence-corrected chi connectivity index (χ1v) is 3.34. The molecule has 1 saturated carbocycles. The van der Waals surface area contributed by atoms with E-state index < -0.39 is 24.2 Å². The standard InChI is InChI=1S/C6H10F3NO/c7-6(8,9)3-5(10)1-4(11)2-5/h4,11H,1-3,10H2. The maximum Gasteiger partial charge on any atom is 0.390 e. The number of rotatable bonds is 1. The highest BCUT2D eigenvalue weighted by atomic mass is 19.4. The molecule has 66 valence electrons. The number of nitrogens with two attached hydrogens (primary N) is 1. The lowest BCUT2D eigenvalue weighted by atomic mass is 9.73. The second kappa shape index (κ2) is 2.35. The molecule has 1 aliphatic carbocycles. The van der Waals surface area contributed by atoms with Crippen LogP contribution in [0.15, 0.2) is 0 Å². The van der Waals surface area contributed by atoms with Gasteiger partial charge in [0, 0.05) is 5.54 Å². The summed E-state index contributed by atoms with van der Waals surface area (Å²) in [6.07, 6.45) is -5.72. The van der Waals surface area contributed by atoms with Crippen LogP contribution in [0.1, 0.15) is 19.3 Å². The summed E-state index contributed by atoms with van der Waals surface area (Å²) >= 11 is 0. The zero-order chi connectivity index (χ0) is 8.70. The molecular formula is C6H10F3NO. The average molecular weight is 169 g/mol. The van der Waals surface area contributed by atoms with Crippen LogP contribution in [-0.2, 0) is 0 Å². The van der Waals surface area contributed by atoms with Gasteiger partial charge in [-0.25, -0.2) is 0 Å². The molecule has 0 bridgehead atoms. The zero-order valence-corrected chi connectivity index (χ0v) is 5.86. The number of halogens is 3. The minimum atomic E-state index is -4.21. The topological polar surface area (TPSA) is 46.2 Å². The first-order valence-electron chi connectivity index (χ1n) is 3.34. The fraction of sp³-hybridized carbons (Fsp3) is 1.00. The van der Waals surface area contributed by atoms with E-state index in [2.05, 4.69) is 0 Å². The van der Waals surface area contributed by atoms with Crippen LogP contribution in [0.25, 0.3) is 0 Å². The smallest absolute Gasteiger partial charge is 0.390 e. The molecule has 2 nitrogen and oxygen atoms in total. The average Bonchev–Trinajstić information content (AvgIpc) is 1.53. The summed E-state index contributed by atoms with van der Waals surface area (Å²) in [4.78, 5) is 0. The Labute approximate surface area is 62.2 Å². The van der Waals surface area contributed by atoms with Crippen LogP contribution in [0.4, 0.5) is 13.2 Å². The lowest BCUT2D eigenvalue weighted by molar-refractivity contribution is -0.162. The molecule has 0 saturated heterocycles. The Balaban J connectivity index is 2.38. The summed E-state index contributed by atoms with van der Waals surface area (Å²) < 4.78 is 35.2. The Morgan fingerprint density at radius 3 is 2.18 bits per heavy atom. The first-order chi connectivity index (χ1) is 4.81. The molecular weight excluding hydrogens is 159 g/mol. The van der Waals surface area contributed by atoms with Gasteiger partial charge in [0.05, 0.1) is 12.5 Å². The third kappa shape index (κ3) is 2.34. The number of hydrogen-bond donors (Lipinski definition) is 2. The molecule has 0 aromatic heterocycles. The Hall–Kier alpha value is -0.290. The van der Waals surface area contributed by atoms with E-state index in [0.717, 1.165) is 0 Å². The zero-order valence-electron chi connectivity index (χ0n) is 5.86. The van der Waals surface area contributed by atoms with Gasteiger partial charge >= 0.3 is 6.18 Å². The molecule has 0 heterocycles. The Morgan fingerprint density at radius 2 is 1.91 bits per heavy atom. The first kappa shape index (κ1) is 8.80. The van der Waals surface area contributed by atoms with E-state index >= 15 is 0 Å². The molecule has 0 amide bonds. The van der Waals surface area contributed by atoms with Crippen LogP contribution in [0.2, 0.25) is 0 Å². The molecule has 3 N–H and O–H groups in total. The third-order valence-electron chi connectivity index (χ3n) is 1.84. The fourth-order valence-corrected chi connectivity index (χ4v) is 1.42. The van der Waals surface area contributed by atoms with E-state index in [4.69, 9.17) is 10.8 Å². The molecule has 11 heavy (non-hydrogen) atoms. The summed E-state index contributed by atoms with van der Waals surface area (Å²) in [5.41, 5.74) is 4.10. The molecule has 0 aromatic carbocycles. The Bertz CT molecular complexity index is 150. The van der Waals surface area contributed by atoms with Gasteiger partial charge in [0.2, 0.25) is 0 Å². The van der Waals surface area contributed by atoms with Gasteiger partial charge < -0.3 is 10.8 Å². The van der Waals surface area contributed by atoms with E-state index in [0.29, 0.717) is 0 Å². The lowest BCUT2D eigenvalue weighted by Gasteiger charge is -2.42. The second-order valence-corrected chi connectivity index (χ2v) is 3.22. The minimum absolute atomic E-state index is 0.0620. The highest BCUT2D eigenvalue weighted by Crippen LogP contribution is 2.38. The maximum atomic E-state index is 11.7. The summed E-state index contributed by atoms with van der Waals surface area (Å²) in [5, 5.41) is 8.73. The third-order valence-corrected chi connectivity index (χ3v) is 1.84. The molecule has 1 rings (SSSR count). The predicted molar refractivity (Wildman–Crippen MR) is 32.8 cm³/mol. The van der Waals surface area contributed by atoms with Crippen LogP contribution in [0, 0.1) is 0 Å². The van der Waals surface area contributed by atoms with E-state index in [1.807, 2.05) is 0 Å². The number of hydrogen-bond acceptors (Lipinski definition) is 2. The number of aliphatic hydroxyl groups is 1. The Kier molecular flexibility index (Phi) is 1.88. The van der Waals surface area contributed by atoms with Crippen molar-refractivity contribution >= 4 is 0 Å². The highest BCUT2D eigenvalue weighted by molar-refractivity contribution is 4.99. The molecule has 1 fully saturated rings. The molecule has 0 atom stereocenters. The van der Waals surface area contributed by atoms with Crippen LogP contribution < -0.4 is 5.73 Å². The van der Waals surface area contributed by atoms with Crippen molar-refractivity contribution in [2.45, 2.75) is 37.1 Å². The van der Waals surface area contributed by atoms with Crippen molar-refractivity contribution in [2.75, 3.05) is 0 Å². The molecule has 0 unspecified atom stereocenters. The predicted octanol–water partition coefficient (Wildman–Crippen LogP) is 0.791. The minimum Gasteiger partial charge on any atom is -0.393 e. The normalized spacial score (nSPS) is 38.5. The van der Waals surface area contributed by atoms with Gasteiger partial charge in [-0.15, -0.1) is 0 Å². The van der Waals surface area contributed by atoms with E-state index in [1.54, 1.807) is 0 Å². The lowest BCUT2D eigenvalue weighted by Crippen LogP contribution is -2.56. The summed E-state index contributed by atoms with van der Waals surface area (Å²) in [6.45, 7) is 0. The van der Waals surface area contributed by atoms with E-state index in [-0.39, 0.29) is 12.8 Å². The van der Waals surface area contributed by atoms with Crippen molar-refractivity contribution in [3.8, 4) is 0 Å². The van der Waals surface area contributed by atoms with Crippen molar-refractivity contribution in [1.29, 1.82) is 0 Å². The van der Waals surface area contributed by atoms with Crippen LogP contribution in [-0.4, -0.2) is 22.9 Å². The monoisotopic (exact) mass is 169 g/mol. The van der Waals surface area contributed by atoms with Crippen LogP contribution in [0.3, 0.4) is 0 Å². The van der Waals surface area contributed by atoms with Crippen molar-refractivity contribution < 1.29 is 18.3 Å². The van der Waals surface area contributed by atoms with Gasteiger partial charge in [-0.2, -0.15) is 13.2 Å². The number of aliphatic hydroxyl groups excluding tert-OH is 1. The van der Waals surface area contributed by atoms with Crippen molar-refractivity contribution in [1.82, 2.24) is 0 Å². The van der Waals surface area contributed by atoms with Crippen LogP contribution in [0.5, 0.6) is 0 Å².